The number of amides is 1. The molecule has 5 aliphatic rings. The molecule has 0 spiro atoms. The number of rotatable bonds is 8. The minimum absolute atomic E-state index is 0.205. The number of aliphatic hydroxyl groups excluding tert-OH is 1. The number of ether oxygens (including phenoxy) is 1. The van der Waals surface area contributed by atoms with Gasteiger partial charge in [0.25, 0.3) is 0 Å². The van der Waals surface area contributed by atoms with Crippen molar-refractivity contribution in [3.63, 3.8) is 0 Å². The molecular weight excluding hydrogens is 460 g/mol. The number of hydrogen-bond acceptors (Lipinski definition) is 7. The second kappa shape index (κ2) is 9.96. The summed E-state index contributed by atoms with van der Waals surface area (Å²) < 4.78 is 6.99. The summed E-state index contributed by atoms with van der Waals surface area (Å²) in [5.41, 5.74) is 0.947. The molecule has 1 aromatic heterocycles. The maximum absolute atomic E-state index is 12.8. The largest absolute Gasteiger partial charge is 0.491 e. The first-order chi connectivity index (χ1) is 17.0. The molecule has 7 rings (SSSR count). The standard InChI is InChI=1S/C27H38N4O3S/c1-17-28-24-13-23(2-3-25(24)35-17)34-16-22(32)14-30-4-6-31(7-5-30)15-26(33)29-27-20-9-18-8-19(11-20)12-21(27)10-18/h2-3,13,18-22,27,32H,4-12,14-16H2,1H3,(H,29,33). The van der Waals surface area contributed by atoms with Crippen molar-refractivity contribution in [2.75, 3.05) is 45.9 Å². The summed E-state index contributed by atoms with van der Waals surface area (Å²) in [6.45, 7) is 6.82. The summed E-state index contributed by atoms with van der Waals surface area (Å²) in [5.74, 6) is 4.27. The van der Waals surface area contributed by atoms with Crippen LogP contribution in [0.15, 0.2) is 18.2 Å². The van der Waals surface area contributed by atoms with Crippen LogP contribution in [-0.4, -0.2) is 83.8 Å². The molecule has 8 heteroatoms. The van der Waals surface area contributed by atoms with Gasteiger partial charge in [0, 0.05) is 44.8 Å². The molecule has 1 aromatic carbocycles. The Morgan fingerprint density at radius 1 is 1.11 bits per heavy atom. The van der Waals surface area contributed by atoms with Crippen LogP contribution in [0.1, 0.15) is 37.1 Å². The number of hydrogen-bond donors (Lipinski definition) is 2. The van der Waals surface area contributed by atoms with Gasteiger partial charge in [0.1, 0.15) is 18.5 Å². The van der Waals surface area contributed by atoms with Crippen molar-refractivity contribution in [1.29, 1.82) is 0 Å². The Balaban J connectivity index is 0.908. The Kier molecular flexibility index (Phi) is 6.73. The lowest BCUT2D eigenvalue weighted by Crippen LogP contribution is -2.58. The van der Waals surface area contributed by atoms with E-state index in [1.165, 1.54) is 32.1 Å². The van der Waals surface area contributed by atoms with Gasteiger partial charge in [0.2, 0.25) is 5.91 Å². The van der Waals surface area contributed by atoms with Crippen molar-refractivity contribution in [1.82, 2.24) is 20.1 Å². The van der Waals surface area contributed by atoms with Gasteiger partial charge in [-0.2, -0.15) is 0 Å². The monoisotopic (exact) mass is 498 g/mol. The van der Waals surface area contributed by atoms with Crippen molar-refractivity contribution in [3.05, 3.63) is 23.2 Å². The number of aliphatic hydroxyl groups is 1. The smallest absolute Gasteiger partial charge is 0.234 e. The van der Waals surface area contributed by atoms with E-state index in [-0.39, 0.29) is 12.5 Å². The predicted octanol–water partition coefficient (Wildman–Crippen LogP) is 2.90. The second-order valence-corrected chi connectivity index (χ2v) is 12.7. The molecule has 7 nitrogen and oxygen atoms in total. The highest BCUT2D eigenvalue weighted by atomic mass is 32.1. The molecule has 2 N–H and O–H groups in total. The van der Waals surface area contributed by atoms with E-state index in [1.807, 2.05) is 25.1 Å². The zero-order valence-electron chi connectivity index (χ0n) is 20.7. The van der Waals surface area contributed by atoms with E-state index >= 15 is 0 Å². The first-order valence-electron chi connectivity index (χ1n) is 13.4. The number of piperazine rings is 1. The molecule has 1 saturated heterocycles. The number of nitrogens with zero attached hydrogens (tertiary/aromatic N) is 3. The summed E-state index contributed by atoms with van der Waals surface area (Å²) in [5, 5.41) is 15.0. The van der Waals surface area contributed by atoms with Gasteiger partial charge in [-0.05, 0) is 74.8 Å². The number of benzene rings is 1. The van der Waals surface area contributed by atoms with Gasteiger partial charge in [-0.1, -0.05) is 0 Å². The number of nitrogens with one attached hydrogen (secondary N) is 1. The molecule has 1 atom stereocenters. The number of carbonyl (C=O) groups is 1. The topological polar surface area (TPSA) is 77.9 Å². The first kappa shape index (κ1) is 23.6. The number of β-amino-alcohol motifs (C(OH)–C–C–N with tert-alkyl or cyclic N) is 1. The number of thiazole rings is 1. The average molecular weight is 499 g/mol. The van der Waals surface area contributed by atoms with Crippen molar-refractivity contribution in [3.8, 4) is 5.75 Å². The fraction of sp³-hybridized carbons (Fsp3) is 0.704. The van der Waals surface area contributed by atoms with Gasteiger partial charge in [-0.25, -0.2) is 4.98 Å². The molecule has 4 aliphatic carbocycles. The van der Waals surface area contributed by atoms with Crippen molar-refractivity contribution < 1.29 is 14.6 Å². The van der Waals surface area contributed by atoms with Gasteiger partial charge in [0.05, 0.1) is 21.8 Å². The fourth-order valence-electron chi connectivity index (χ4n) is 7.38. The maximum atomic E-state index is 12.8. The number of fused-ring (bicyclic) bond motifs is 1. The van der Waals surface area contributed by atoms with Crippen LogP contribution in [0, 0.1) is 30.6 Å². The van der Waals surface area contributed by atoms with Crippen molar-refractivity contribution in [2.24, 2.45) is 23.7 Å². The van der Waals surface area contributed by atoms with Crippen LogP contribution in [0.5, 0.6) is 5.75 Å². The minimum atomic E-state index is -0.547. The molecular formula is C27H38N4O3S. The third-order valence-electron chi connectivity index (χ3n) is 8.76. The normalized spacial score (nSPS) is 31.7. The summed E-state index contributed by atoms with van der Waals surface area (Å²) in [7, 11) is 0. The molecule has 4 saturated carbocycles. The molecule has 35 heavy (non-hydrogen) atoms. The number of aromatic nitrogens is 1. The van der Waals surface area contributed by atoms with Crippen LogP contribution < -0.4 is 10.1 Å². The summed E-state index contributed by atoms with van der Waals surface area (Å²) >= 11 is 1.67. The van der Waals surface area contributed by atoms with Gasteiger partial charge in [-0.3, -0.25) is 14.6 Å². The van der Waals surface area contributed by atoms with Crippen LogP contribution >= 0.6 is 11.3 Å². The van der Waals surface area contributed by atoms with E-state index in [0.717, 1.165) is 70.8 Å². The van der Waals surface area contributed by atoms with E-state index in [1.54, 1.807) is 11.3 Å². The summed E-state index contributed by atoms with van der Waals surface area (Å²) in [6, 6.07) is 6.34. The molecule has 0 radical (unpaired) electrons. The van der Waals surface area contributed by atoms with E-state index in [4.69, 9.17) is 4.74 Å². The molecule has 4 bridgehead atoms. The summed E-state index contributed by atoms with van der Waals surface area (Å²) in [4.78, 5) is 21.9. The van der Waals surface area contributed by atoms with E-state index in [2.05, 4.69) is 20.1 Å². The zero-order chi connectivity index (χ0) is 23.9. The van der Waals surface area contributed by atoms with Crippen LogP contribution in [0.4, 0.5) is 0 Å². The van der Waals surface area contributed by atoms with Crippen LogP contribution in [0.2, 0.25) is 0 Å². The Labute approximate surface area is 211 Å². The lowest BCUT2D eigenvalue weighted by atomic mass is 9.54. The highest BCUT2D eigenvalue weighted by Gasteiger charge is 2.48. The van der Waals surface area contributed by atoms with Crippen LogP contribution in [0.25, 0.3) is 10.2 Å². The quantitative estimate of drug-likeness (QED) is 0.583. The molecule has 1 unspecified atom stereocenters. The Morgan fingerprint density at radius 3 is 2.51 bits per heavy atom. The Bertz CT molecular complexity index is 1020. The highest BCUT2D eigenvalue weighted by molar-refractivity contribution is 7.18. The molecule has 190 valence electrons. The van der Waals surface area contributed by atoms with Gasteiger partial charge in [-0.15, -0.1) is 11.3 Å². The number of carbonyl (C=O) groups excluding carboxylic acids is 1. The first-order valence-corrected chi connectivity index (χ1v) is 14.2. The highest BCUT2D eigenvalue weighted by Crippen LogP contribution is 2.53. The molecule has 1 aliphatic heterocycles. The lowest BCUT2D eigenvalue weighted by molar-refractivity contribution is -0.126. The van der Waals surface area contributed by atoms with Gasteiger partial charge >= 0.3 is 0 Å². The maximum Gasteiger partial charge on any atom is 0.234 e. The Hall–Kier alpha value is -1.74. The van der Waals surface area contributed by atoms with E-state index in [9.17, 15) is 9.90 Å². The van der Waals surface area contributed by atoms with E-state index in [0.29, 0.717) is 19.1 Å². The molecule has 2 aromatic rings. The molecule has 2 heterocycles. The van der Waals surface area contributed by atoms with Gasteiger partial charge < -0.3 is 15.2 Å². The van der Waals surface area contributed by atoms with E-state index < -0.39 is 6.10 Å². The molecule has 5 fully saturated rings. The Morgan fingerprint density at radius 2 is 1.80 bits per heavy atom. The third-order valence-corrected chi connectivity index (χ3v) is 9.72. The molecule has 1 amide bonds. The second-order valence-electron chi connectivity index (χ2n) is 11.4. The zero-order valence-corrected chi connectivity index (χ0v) is 21.5. The number of aryl methyl sites for hydroxylation is 1. The summed E-state index contributed by atoms with van der Waals surface area (Å²) in [6.07, 6.45) is 6.24. The van der Waals surface area contributed by atoms with Crippen LogP contribution in [0.3, 0.4) is 0 Å². The van der Waals surface area contributed by atoms with Crippen LogP contribution in [-0.2, 0) is 4.79 Å². The predicted molar refractivity (Wildman–Crippen MR) is 138 cm³/mol. The van der Waals surface area contributed by atoms with Gasteiger partial charge in [0.15, 0.2) is 0 Å². The van der Waals surface area contributed by atoms with Crippen molar-refractivity contribution in [2.45, 2.75) is 51.2 Å². The van der Waals surface area contributed by atoms with Crippen molar-refractivity contribution >= 4 is 27.5 Å². The third kappa shape index (κ3) is 5.36. The lowest BCUT2D eigenvalue weighted by Gasteiger charge is -2.54. The fourth-order valence-corrected chi connectivity index (χ4v) is 8.19. The average Bonchev–Trinajstić information content (AvgIpc) is 3.20. The minimum Gasteiger partial charge on any atom is -0.491 e. The SMILES string of the molecule is Cc1nc2cc(OCC(O)CN3CCN(CC(=O)NC4C5CC6CC(C5)CC4C6)CC3)ccc2s1.